The van der Waals surface area contributed by atoms with Gasteiger partial charge in [-0.05, 0) is 41.4 Å². The SMILES string of the molecule is C=C1C(C)C(C)C(=C)C(C(C)(C)CC(C)C)C1C. The largest absolute Gasteiger partial charge is 0.0993 e. The van der Waals surface area contributed by atoms with E-state index in [1.807, 2.05) is 0 Å². The lowest BCUT2D eigenvalue weighted by atomic mass is 9.56. The molecule has 0 aliphatic heterocycles. The van der Waals surface area contributed by atoms with Crippen molar-refractivity contribution < 1.29 is 0 Å². The molecule has 0 amide bonds. The highest BCUT2D eigenvalue weighted by Crippen LogP contribution is 2.52. The summed E-state index contributed by atoms with van der Waals surface area (Å²) in [5.41, 5.74) is 3.20. The van der Waals surface area contributed by atoms with Crippen LogP contribution in [0.15, 0.2) is 24.3 Å². The van der Waals surface area contributed by atoms with E-state index in [1.165, 1.54) is 17.6 Å². The lowest BCUT2D eigenvalue weighted by Crippen LogP contribution is -2.40. The molecule has 0 bridgehead atoms. The molecule has 0 heteroatoms. The molecule has 4 unspecified atom stereocenters. The highest BCUT2D eigenvalue weighted by Gasteiger charge is 2.43. The van der Waals surface area contributed by atoms with E-state index in [0.29, 0.717) is 29.1 Å². The molecule has 1 aliphatic rings. The van der Waals surface area contributed by atoms with Crippen LogP contribution in [0.4, 0.5) is 0 Å². The zero-order valence-electron chi connectivity index (χ0n) is 13.5. The summed E-state index contributed by atoms with van der Waals surface area (Å²) in [4.78, 5) is 0. The van der Waals surface area contributed by atoms with Gasteiger partial charge in [0, 0.05) is 0 Å². The fourth-order valence-corrected chi connectivity index (χ4v) is 4.23. The summed E-state index contributed by atoms with van der Waals surface area (Å²) in [6, 6.07) is 0. The summed E-state index contributed by atoms with van der Waals surface area (Å²) >= 11 is 0. The normalized spacial score (nSPS) is 34.2. The van der Waals surface area contributed by atoms with Gasteiger partial charge in [0.2, 0.25) is 0 Å². The highest BCUT2D eigenvalue weighted by atomic mass is 14.5. The van der Waals surface area contributed by atoms with E-state index in [9.17, 15) is 0 Å². The van der Waals surface area contributed by atoms with E-state index in [2.05, 4.69) is 61.6 Å². The third-order valence-electron chi connectivity index (χ3n) is 5.18. The third kappa shape index (κ3) is 2.73. The number of hydrogen-bond acceptors (Lipinski definition) is 0. The second-order valence-electron chi connectivity index (χ2n) is 7.58. The molecule has 0 radical (unpaired) electrons. The molecule has 0 nitrogen and oxygen atoms in total. The lowest BCUT2D eigenvalue weighted by molar-refractivity contribution is 0.125. The number of allylic oxidation sites excluding steroid dienone is 2. The van der Waals surface area contributed by atoms with Gasteiger partial charge in [0.1, 0.15) is 0 Å². The highest BCUT2D eigenvalue weighted by molar-refractivity contribution is 5.26. The molecular weight excluding hydrogens is 216 g/mol. The molecule has 18 heavy (non-hydrogen) atoms. The molecule has 0 aromatic carbocycles. The first kappa shape index (κ1) is 15.5. The van der Waals surface area contributed by atoms with E-state index in [-0.39, 0.29) is 0 Å². The van der Waals surface area contributed by atoms with Crippen LogP contribution >= 0.6 is 0 Å². The molecule has 0 heterocycles. The standard InChI is InChI=1S/C18H32/c1-11(2)10-18(8,9)17-15(6)13(4)12(3)14(5)16(17)7/h11-12,14-15,17H,4,7,10H2,1-3,5-6,8-9H3. The van der Waals surface area contributed by atoms with Crippen LogP contribution in [-0.4, -0.2) is 0 Å². The van der Waals surface area contributed by atoms with Gasteiger partial charge in [-0.3, -0.25) is 0 Å². The first-order valence-corrected chi connectivity index (χ1v) is 7.47. The molecule has 0 aromatic rings. The van der Waals surface area contributed by atoms with E-state index in [4.69, 9.17) is 0 Å². The van der Waals surface area contributed by atoms with Gasteiger partial charge in [0.05, 0.1) is 0 Å². The van der Waals surface area contributed by atoms with Gasteiger partial charge in [-0.15, -0.1) is 0 Å². The van der Waals surface area contributed by atoms with Gasteiger partial charge in [0.15, 0.2) is 0 Å². The summed E-state index contributed by atoms with van der Waals surface area (Å²) in [5.74, 6) is 3.04. The van der Waals surface area contributed by atoms with Crippen molar-refractivity contribution in [1.29, 1.82) is 0 Å². The maximum atomic E-state index is 4.44. The quantitative estimate of drug-likeness (QED) is 0.561. The van der Waals surface area contributed by atoms with Crippen LogP contribution in [0.1, 0.15) is 54.9 Å². The Morgan fingerprint density at radius 1 is 0.944 bits per heavy atom. The van der Waals surface area contributed by atoms with Crippen LogP contribution in [0, 0.1) is 35.0 Å². The van der Waals surface area contributed by atoms with Crippen LogP contribution < -0.4 is 0 Å². The monoisotopic (exact) mass is 248 g/mol. The first-order valence-electron chi connectivity index (χ1n) is 7.47. The van der Waals surface area contributed by atoms with Crippen molar-refractivity contribution in [1.82, 2.24) is 0 Å². The topological polar surface area (TPSA) is 0 Å². The molecule has 0 spiro atoms. The predicted octanol–water partition coefficient (Wildman–Crippen LogP) is 5.71. The second kappa shape index (κ2) is 5.23. The average molecular weight is 248 g/mol. The predicted molar refractivity (Wildman–Crippen MR) is 82.5 cm³/mol. The van der Waals surface area contributed by atoms with E-state index < -0.39 is 0 Å². The summed E-state index contributed by atoms with van der Waals surface area (Å²) in [5, 5.41) is 0. The van der Waals surface area contributed by atoms with Crippen LogP contribution in [0.3, 0.4) is 0 Å². The number of hydrogen-bond donors (Lipinski definition) is 0. The fourth-order valence-electron chi connectivity index (χ4n) is 4.23. The molecule has 0 aromatic heterocycles. The van der Waals surface area contributed by atoms with E-state index in [1.54, 1.807) is 0 Å². The maximum absolute atomic E-state index is 4.44. The smallest absolute Gasteiger partial charge is 0.00886 e. The van der Waals surface area contributed by atoms with Gasteiger partial charge >= 0.3 is 0 Å². The van der Waals surface area contributed by atoms with E-state index in [0.717, 1.165) is 5.92 Å². The van der Waals surface area contributed by atoms with Crippen molar-refractivity contribution in [3.63, 3.8) is 0 Å². The molecule has 104 valence electrons. The van der Waals surface area contributed by atoms with Crippen LogP contribution in [0.2, 0.25) is 0 Å². The molecule has 1 fully saturated rings. The van der Waals surface area contributed by atoms with Crippen molar-refractivity contribution in [2.45, 2.75) is 54.9 Å². The number of rotatable bonds is 3. The minimum absolute atomic E-state index is 0.321. The van der Waals surface area contributed by atoms with E-state index >= 15 is 0 Å². The first-order chi connectivity index (χ1) is 8.09. The van der Waals surface area contributed by atoms with Crippen molar-refractivity contribution in [2.75, 3.05) is 0 Å². The molecule has 1 rings (SSSR count). The Morgan fingerprint density at radius 2 is 1.39 bits per heavy atom. The minimum Gasteiger partial charge on any atom is -0.0993 e. The lowest BCUT2D eigenvalue weighted by Gasteiger charge is -2.49. The van der Waals surface area contributed by atoms with Gasteiger partial charge in [0.25, 0.3) is 0 Å². The van der Waals surface area contributed by atoms with Crippen molar-refractivity contribution in [3.8, 4) is 0 Å². The van der Waals surface area contributed by atoms with Gasteiger partial charge < -0.3 is 0 Å². The Morgan fingerprint density at radius 3 is 1.83 bits per heavy atom. The Hall–Kier alpha value is -0.520. The maximum Gasteiger partial charge on any atom is -0.00886 e. The Kier molecular flexibility index (Phi) is 4.51. The van der Waals surface area contributed by atoms with Crippen molar-refractivity contribution in [3.05, 3.63) is 24.3 Å². The zero-order chi connectivity index (χ0) is 14.2. The summed E-state index contributed by atoms with van der Waals surface area (Å²) < 4.78 is 0. The molecule has 0 N–H and O–H groups in total. The molecule has 1 aliphatic carbocycles. The Bertz CT molecular complexity index is 332. The fraction of sp³-hybridized carbons (Fsp3) is 0.778. The Labute approximate surface area is 115 Å². The van der Waals surface area contributed by atoms with Crippen LogP contribution in [0.25, 0.3) is 0 Å². The molecule has 4 atom stereocenters. The Balaban J connectivity index is 3.06. The zero-order valence-corrected chi connectivity index (χ0v) is 13.5. The van der Waals surface area contributed by atoms with Crippen molar-refractivity contribution in [2.24, 2.45) is 35.0 Å². The van der Waals surface area contributed by atoms with Crippen LogP contribution in [-0.2, 0) is 0 Å². The van der Waals surface area contributed by atoms with Gasteiger partial charge in [-0.1, -0.05) is 72.8 Å². The summed E-state index contributed by atoms with van der Waals surface area (Å²) in [6.45, 7) is 25.2. The summed E-state index contributed by atoms with van der Waals surface area (Å²) in [7, 11) is 0. The van der Waals surface area contributed by atoms with Gasteiger partial charge in [-0.2, -0.15) is 0 Å². The van der Waals surface area contributed by atoms with Gasteiger partial charge in [-0.25, -0.2) is 0 Å². The third-order valence-corrected chi connectivity index (χ3v) is 5.18. The second-order valence-corrected chi connectivity index (χ2v) is 7.58. The average Bonchev–Trinajstić information content (AvgIpc) is 2.21. The molecule has 0 saturated heterocycles. The summed E-state index contributed by atoms with van der Waals surface area (Å²) in [6.07, 6.45) is 1.26. The minimum atomic E-state index is 0.321. The molecule has 1 saturated carbocycles. The molecular formula is C18H32. The van der Waals surface area contributed by atoms with Crippen molar-refractivity contribution >= 4 is 0 Å². The van der Waals surface area contributed by atoms with Crippen LogP contribution in [0.5, 0.6) is 0 Å².